The van der Waals surface area contributed by atoms with Gasteiger partial charge in [-0.2, -0.15) is 0 Å². The molecule has 0 aliphatic heterocycles. The van der Waals surface area contributed by atoms with E-state index in [2.05, 4.69) is 19.2 Å². The molecule has 0 aromatic rings. The fourth-order valence-electron chi connectivity index (χ4n) is 1.06. The molecule has 1 unspecified atom stereocenters. The van der Waals surface area contributed by atoms with Crippen LogP contribution in [0.2, 0.25) is 0 Å². The highest BCUT2D eigenvalue weighted by Gasteiger charge is 2.11. The number of hydrogen-bond acceptors (Lipinski definition) is 1. The Morgan fingerprint density at radius 3 is 2.42 bits per heavy atom. The number of hydrogen-bond donors (Lipinski definition) is 1. The summed E-state index contributed by atoms with van der Waals surface area (Å²) in [7, 11) is 0. The molecule has 0 saturated heterocycles. The van der Waals surface area contributed by atoms with Crippen molar-refractivity contribution in [2.24, 2.45) is 5.92 Å². The molecule has 0 spiro atoms. The zero-order chi connectivity index (χ0) is 9.56. The molecule has 0 aromatic heterocycles. The summed E-state index contributed by atoms with van der Waals surface area (Å²) in [4.78, 5) is 11.0. The zero-order valence-electron chi connectivity index (χ0n) is 8.06. The van der Waals surface area contributed by atoms with Gasteiger partial charge in [-0.3, -0.25) is 4.79 Å². The number of alkyl halides is 1. The van der Waals surface area contributed by atoms with Crippen molar-refractivity contribution in [3.8, 4) is 0 Å². The molecule has 0 aromatic carbocycles. The van der Waals surface area contributed by atoms with E-state index in [1.165, 1.54) is 0 Å². The third-order valence-corrected chi connectivity index (χ3v) is 2.00. The first-order valence-corrected chi connectivity index (χ1v) is 4.98. The maximum absolute atomic E-state index is 11.0. The predicted molar refractivity (Wildman–Crippen MR) is 52.4 cm³/mol. The molecule has 1 atom stereocenters. The molecule has 72 valence electrons. The highest BCUT2D eigenvalue weighted by molar-refractivity contribution is 6.18. The van der Waals surface area contributed by atoms with Crippen molar-refractivity contribution < 1.29 is 4.79 Å². The van der Waals surface area contributed by atoms with E-state index >= 15 is 0 Å². The maximum Gasteiger partial charge on any atom is 0.219 e. The fourth-order valence-corrected chi connectivity index (χ4v) is 1.26. The average Bonchev–Trinajstić information content (AvgIpc) is 2.02. The number of amides is 1. The van der Waals surface area contributed by atoms with Gasteiger partial charge in [-0.15, -0.1) is 11.6 Å². The van der Waals surface area contributed by atoms with E-state index in [0.29, 0.717) is 18.2 Å². The standard InChI is InChI=1S/C9H18ClNO/c1-4-9(12)11-8(6-10)5-7(2)3/h7-8H,4-6H2,1-3H3,(H,11,12). The van der Waals surface area contributed by atoms with Crippen molar-refractivity contribution in [2.75, 3.05) is 5.88 Å². The molecule has 0 saturated carbocycles. The molecule has 0 radical (unpaired) electrons. The van der Waals surface area contributed by atoms with Crippen LogP contribution in [0.4, 0.5) is 0 Å². The monoisotopic (exact) mass is 191 g/mol. The number of nitrogens with one attached hydrogen (secondary N) is 1. The van der Waals surface area contributed by atoms with Gasteiger partial charge in [-0.25, -0.2) is 0 Å². The Kier molecular flexibility index (Phi) is 6.17. The summed E-state index contributed by atoms with van der Waals surface area (Å²) in [6, 6.07) is 0.138. The van der Waals surface area contributed by atoms with Crippen molar-refractivity contribution in [1.29, 1.82) is 0 Å². The van der Waals surface area contributed by atoms with E-state index < -0.39 is 0 Å². The molecule has 1 amide bonds. The Morgan fingerprint density at radius 2 is 2.08 bits per heavy atom. The number of carbonyl (C=O) groups is 1. The lowest BCUT2D eigenvalue weighted by atomic mass is 10.1. The summed E-state index contributed by atoms with van der Waals surface area (Å²) in [5, 5.41) is 2.88. The molecule has 0 aliphatic rings. The number of halogens is 1. The molecule has 12 heavy (non-hydrogen) atoms. The number of carbonyl (C=O) groups excluding carboxylic acids is 1. The van der Waals surface area contributed by atoms with Crippen molar-refractivity contribution in [1.82, 2.24) is 5.32 Å². The summed E-state index contributed by atoms with van der Waals surface area (Å²) in [6.07, 6.45) is 1.49. The van der Waals surface area contributed by atoms with Gasteiger partial charge in [0.25, 0.3) is 0 Å². The van der Waals surface area contributed by atoms with Crippen LogP contribution in [0.15, 0.2) is 0 Å². The highest BCUT2D eigenvalue weighted by atomic mass is 35.5. The lowest BCUT2D eigenvalue weighted by Crippen LogP contribution is -2.36. The minimum atomic E-state index is 0.0845. The van der Waals surface area contributed by atoms with Gasteiger partial charge in [0, 0.05) is 18.3 Å². The summed E-state index contributed by atoms with van der Waals surface area (Å²) in [6.45, 7) is 6.09. The van der Waals surface area contributed by atoms with E-state index in [1.807, 2.05) is 6.92 Å². The Bertz CT molecular complexity index is 136. The summed E-state index contributed by atoms with van der Waals surface area (Å²) >= 11 is 5.70. The van der Waals surface area contributed by atoms with Crippen LogP contribution in [0.3, 0.4) is 0 Å². The molecule has 0 fully saturated rings. The van der Waals surface area contributed by atoms with Crippen molar-refractivity contribution >= 4 is 17.5 Å². The van der Waals surface area contributed by atoms with E-state index in [4.69, 9.17) is 11.6 Å². The fraction of sp³-hybridized carbons (Fsp3) is 0.889. The molecule has 0 bridgehead atoms. The normalized spacial score (nSPS) is 13.1. The summed E-state index contributed by atoms with van der Waals surface area (Å²) in [5.74, 6) is 1.16. The van der Waals surface area contributed by atoms with Crippen molar-refractivity contribution in [2.45, 2.75) is 39.7 Å². The van der Waals surface area contributed by atoms with E-state index in [9.17, 15) is 4.79 Å². The van der Waals surface area contributed by atoms with Crippen LogP contribution in [0.25, 0.3) is 0 Å². The molecule has 2 nitrogen and oxygen atoms in total. The second-order valence-corrected chi connectivity index (χ2v) is 3.71. The van der Waals surface area contributed by atoms with E-state index in [0.717, 1.165) is 6.42 Å². The topological polar surface area (TPSA) is 29.1 Å². The molecular weight excluding hydrogens is 174 g/mol. The first-order valence-electron chi connectivity index (χ1n) is 4.45. The van der Waals surface area contributed by atoms with Gasteiger partial charge in [0.05, 0.1) is 0 Å². The summed E-state index contributed by atoms with van der Waals surface area (Å²) in [5.41, 5.74) is 0. The van der Waals surface area contributed by atoms with Crippen molar-refractivity contribution in [3.63, 3.8) is 0 Å². The van der Waals surface area contributed by atoms with Gasteiger partial charge in [0.1, 0.15) is 0 Å². The quantitative estimate of drug-likeness (QED) is 0.664. The van der Waals surface area contributed by atoms with Crippen LogP contribution >= 0.6 is 11.6 Å². The SMILES string of the molecule is CCC(=O)NC(CCl)CC(C)C. The van der Waals surface area contributed by atoms with Gasteiger partial charge in [-0.1, -0.05) is 20.8 Å². The molecule has 1 N–H and O–H groups in total. The lowest BCUT2D eigenvalue weighted by Gasteiger charge is -2.17. The Balaban J connectivity index is 3.74. The van der Waals surface area contributed by atoms with Gasteiger partial charge >= 0.3 is 0 Å². The van der Waals surface area contributed by atoms with Crippen LogP contribution in [0, 0.1) is 5.92 Å². The Morgan fingerprint density at radius 1 is 1.50 bits per heavy atom. The number of rotatable bonds is 5. The van der Waals surface area contributed by atoms with Crippen LogP contribution in [-0.2, 0) is 4.79 Å². The predicted octanol–water partition coefficient (Wildman–Crippen LogP) is 2.17. The molecule has 0 heterocycles. The van der Waals surface area contributed by atoms with E-state index in [1.54, 1.807) is 0 Å². The highest BCUT2D eigenvalue weighted by Crippen LogP contribution is 2.06. The van der Waals surface area contributed by atoms with Crippen LogP contribution in [0.1, 0.15) is 33.6 Å². The van der Waals surface area contributed by atoms with Gasteiger partial charge in [0.15, 0.2) is 0 Å². The molecule has 3 heteroatoms. The molecule has 0 aliphatic carbocycles. The maximum atomic E-state index is 11.0. The largest absolute Gasteiger partial charge is 0.352 e. The molecule has 0 rings (SSSR count). The molecular formula is C9H18ClNO. The zero-order valence-corrected chi connectivity index (χ0v) is 8.82. The third kappa shape index (κ3) is 5.42. The van der Waals surface area contributed by atoms with Crippen LogP contribution < -0.4 is 5.32 Å². The first kappa shape index (κ1) is 11.8. The minimum absolute atomic E-state index is 0.0845. The minimum Gasteiger partial charge on any atom is -0.352 e. The Hall–Kier alpha value is -0.240. The van der Waals surface area contributed by atoms with Crippen molar-refractivity contribution in [3.05, 3.63) is 0 Å². The second-order valence-electron chi connectivity index (χ2n) is 3.40. The smallest absolute Gasteiger partial charge is 0.219 e. The Labute approximate surface area is 79.7 Å². The van der Waals surface area contributed by atoms with Gasteiger partial charge < -0.3 is 5.32 Å². The van der Waals surface area contributed by atoms with E-state index in [-0.39, 0.29) is 11.9 Å². The average molecular weight is 192 g/mol. The third-order valence-electron chi connectivity index (χ3n) is 1.63. The van der Waals surface area contributed by atoms with Crippen LogP contribution in [-0.4, -0.2) is 17.8 Å². The summed E-state index contributed by atoms with van der Waals surface area (Å²) < 4.78 is 0. The second kappa shape index (κ2) is 6.30. The van der Waals surface area contributed by atoms with Crippen LogP contribution in [0.5, 0.6) is 0 Å². The lowest BCUT2D eigenvalue weighted by molar-refractivity contribution is -0.121. The first-order chi connectivity index (χ1) is 5.60. The van der Waals surface area contributed by atoms with Gasteiger partial charge in [-0.05, 0) is 12.3 Å². The van der Waals surface area contributed by atoms with Gasteiger partial charge in [0.2, 0.25) is 5.91 Å².